The van der Waals surface area contributed by atoms with Crippen LogP contribution >= 0.6 is 0 Å². The molecule has 1 aliphatic heterocycles. The van der Waals surface area contributed by atoms with Gasteiger partial charge >= 0.3 is 0 Å². The molecule has 3 nitrogen and oxygen atoms in total. The number of hydrogen-bond donors (Lipinski definition) is 0. The van der Waals surface area contributed by atoms with Gasteiger partial charge in [-0.2, -0.15) is 4.89 Å². The quantitative estimate of drug-likeness (QED) is 0.713. The van der Waals surface area contributed by atoms with Gasteiger partial charge in [-0.05, 0) is 67.1 Å². The molecule has 0 radical (unpaired) electrons. The summed E-state index contributed by atoms with van der Waals surface area (Å²) in [4.78, 5) is 11.7. The molecule has 2 aromatic carbocycles. The minimum atomic E-state index is -0.771. The van der Waals surface area contributed by atoms with Gasteiger partial charge in [0, 0.05) is 18.1 Å². The molecule has 1 saturated heterocycles. The van der Waals surface area contributed by atoms with E-state index in [1.54, 1.807) is 7.11 Å². The van der Waals surface area contributed by atoms with Crippen molar-refractivity contribution in [3.63, 3.8) is 0 Å². The zero-order valence-electron chi connectivity index (χ0n) is 15.3. The van der Waals surface area contributed by atoms with Crippen molar-refractivity contribution in [2.75, 3.05) is 7.11 Å². The van der Waals surface area contributed by atoms with Gasteiger partial charge in [-0.25, -0.2) is 4.89 Å². The number of rotatable bonds is 3. The molecule has 26 heavy (non-hydrogen) atoms. The molecule has 4 bridgehead atoms. The fraction of sp³-hybridized carbons (Fsp3) is 0.565. The summed E-state index contributed by atoms with van der Waals surface area (Å²) in [7, 11) is 1.78. The first-order valence-corrected chi connectivity index (χ1v) is 10.1. The second kappa shape index (κ2) is 5.31. The lowest BCUT2D eigenvalue weighted by atomic mass is 9.47. The van der Waals surface area contributed by atoms with Crippen molar-refractivity contribution in [2.45, 2.75) is 50.4 Å². The summed E-state index contributed by atoms with van der Waals surface area (Å²) in [6.45, 7) is 0. The Morgan fingerprint density at radius 2 is 1.54 bits per heavy atom. The zero-order chi connectivity index (χ0) is 17.4. The Labute approximate surface area is 154 Å². The monoisotopic (exact) mass is 350 g/mol. The number of fused-ring (bicyclic) bond motifs is 1. The molecule has 0 spiro atoms. The zero-order valence-corrected chi connectivity index (χ0v) is 15.3. The van der Waals surface area contributed by atoms with Crippen LogP contribution in [0.25, 0.3) is 10.8 Å². The van der Waals surface area contributed by atoms with E-state index in [-0.39, 0.29) is 11.5 Å². The molecule has 5 aliphatic rings. The summed E-state index contributed by atoms with van der Waals surface area (Å²) in [5.41, 5.74) is 1.34. The molecular formula is C23H26O3. The molecule has 3 heteroatoms. The molecule has 2 aromatic rings. The summed E-state index contributed by atoms with van der Waals surface area (Å²) in [6, 6.07) is 14.9. The highest BCUT2D eigenvalue weighted by atomic mass is 17.3. The van der Waals surface area contributed by atoms with Crippen LogP contribution in [0.5, 0.6) is 0 Å². The molecule has 7 rings (SSSR count). The van der Waals surface area contributed by atoms with Crippen LogP contribution in [-0.4, -0.2) is 13.2 Å². The molecule has 1 heterocycles. The molecule has 4 aliphatic carbocycles. The Bertz CT molecular complexity index is 815. The van der Waals surface area contributed by atoms with E-state index in [1.807, 2.05) is 0 Å². The molecule has 0 N–H and O–H groups in total. The first-order valence-electron chi connectivity index (χ1n) is 10.1. The van der Waals surface area contributed by atoms with Gasteiger partial charge in [0.25, 0.3) is 5.79 Å². The lowest BCUT2D eigenvalue weighted by Gasteiger charge is -2.63. The Morgan fingerprint density at radius 1 is 0.885 bits per heavy atom. The van der Waals surface area contributed by atoms with Crippen LogP contribution in [0.3, 0.4) is 0 Å². The maximum absolute atomic E-state index is 6.12. The average molecular weight is 350 g/mol. The Balaban J connectivity index is 1.46. The fourth-order valence-electron chi connectivity index (χ4n) is 7.15. The molecule has 0 aromatic heterocycles. The van der Waals surface area contributed by atoms with Crippen LogP contribution in [0.4, 0.5) is 0 Å². The molecule has 136 valence electrons. The van der Waals surface area contributed by atoms with Gasteiger partial charge in [0.05, 0.1) is 0 Å². The standard InChI is InChI=1S/C23H26O3/c1-24-23(20-8-4-6-18-5-2-3-7-19(18)20)21(25-26-23)22-12-15-9-16(13-22)11-17(10-15)14-22/h2-8,15-17,21H,9-14H2,1H3. The normalized spacial score (nSPS) is 43.6. The van der Waals surface area contributed by atoms with Crippen molar-refractivity contribution in [3.8, 4) is 0 Å². The van der Waals surface area contributed by atoms with E-state index in [4.69, 9.17) is 14.5 Å². The van der Waals surface area contributed by atoms with Crippen LogP contribution < -0.4 is 0 Å². The van der Waals surface area contributed by atoms with E-state index >= 15 is 0 Å². The molecule has 4 saturated carbocycles. The SMILES string of the molecule is COC1(c2cccc3ccccc23)OOC1C12CC3CC(CC(C3)C1)C2. The maximum Gasteiger partial charge on any atom is 0.258 e. The maximum atomic E-state index is 6.12. The molecule has 0 amide bonds. The Kier molecular flexibility index (Phi) is 3.19. The van der Waals surface area contributed by atoms with Crippen LogP contribution in [0, 0.1) is 23.2 Å². The van der Waals surface area contributed by atoms with Crippen molar-refractivity contribution >= 4 is 10.8 Å². The van der Waals surface area contributed by atoms with Crippen LogP contribution in [0.1, 0.15) is 44.1 Å². The predicted octanol–water partition coefficient (Wildman–Crippen LogP) is 5.19. The Morgan fingerprint density at radius 3 is 2.15 bits per heavy atom. The molecule has 5 fully saturated rings. The van der Waals surface area contributed by atoms with Crippen molar-refractivity contribution in [1.82, 2.24) is 0 Å². The van der Waals surface area contributed by atoms with Gasteiger partial charge in [-0.3, -0.25) is 0 Å². The lowest BCUT2D eigenvalue weighted by Crippen LogP contribution is -2.66. The van der Waals surface area contributed by atoms with Crippen molar-refractivity contribution in [2.24, 2.45) is 23.2 Å². The minimum Gasteiger partial charge on any atom is -0.345 e. The third kappa shape index (κ3) is 1.94. The van der Waals surface area contributed by atoms with Crippen LogP contribution in [0.2, 0.25) is 0 Å². The van der Waals surface area contributed by atoms with Gasteiger partial charge in [-0.1, -0.05) is 42.5 Å². The minimum absolute atomic E-state index is 0.000735. The van der Waals surface area contributed by atoms with E-state index in [1.165, 1.54) is 49.3 Å². The third-order valence-corrected chi connectivity index (χ3v) is 7.72. The number of ether oxygens (including phenoxy) is 1. The number of hydrogen-bond acceptors (Lipinski definition) is 3. The van der Waals surface area contributed by atoms with E-state index in [2.05, 4.69) is 42.5 Å². The van der Waals surface area contributed by atoms with Gasteiger partial charge in [0.15, 0.2) is 6.10 Å². The van der Waals surface area contributed by atoms with Gasteiger partial charge in [0.1, 0.15) is 0 Å². The summed E-state index contributed by atoms with van der Waals surface area (Å²) < 4.78 is 6.12. The predicted molar refractivity (Wildman–Crippen MR) is 99.2 cm³/mol. The average Bonchev–Trinajstić information content (AvgIpc) is 2.60. The molecule has 2 unspecified atom stereocenters. The Hall–Kier alpha value is -1.42. The summed E-state index contributed by atoms with van der Waals surface area (Å²) in [5, 5.41) is 2.43. The molecule has 2 atom stereocenters. The van der Waals surface area contributed by atoms with Gasteiger partial charge < -0.3 is 4.74 Å². The highest BCUT2D eigenvalue weighted by Gasteiger charge is 2.67. The summed E-state index contributed by atoms with van der Waals surface area (Å²) >= 11 is 0. The highest BCUT2D eigenvalue weighted by Crippen LogP contribution is 2.66. The smallest absolute Gasteiger partial charge is 0.258 e. The van der Waals surface area contributed by atoms with E-state index in [0.29, 0.717) is 0 Å². The lowest BCUT2D eigenvalue weighted by molar-refractivity contribution is -0.598. The topological polar surface area (TPSA) is 27.7 Å². The number of methoxy groups -OCH3 is 1. The highest BCUT2D eigenvalue weighted by molar-refractivity contribution is 5.86. The largest absolute Gasteiger partial charge is 0.345 e. The van der Waals surface area contributed by atoms with Crippen molar-refractivity contribution < 1.29 is 14.5 Å². The summed E-state index contributed by atoms with van der Waals surface area (Å²) in [6.07, 6.45) is 8.14. The second-order valence-electron chi connectivity index (χ2n) is 9.24. The third-order valence-electron chi connectivity index (χ3n) is 7.72. The van der Waals surface area contributed by atoms with Crippen molar-refractivity contribution in [1.29, 1.82) is 0 Å². The van der Waals surface area contributed by atoms with Gasteiger partial charge in [0.2, 0.25) is 0 Å². The first kappa shape index (κ1) is 15.6. The van der Waals surface area contributed by atoms with E-state index in [9.17, 15) is 0 Å². The fourth-order valence-corrected chi connectivity index (χ4v) is 7.15. The van der Waals surface area contributed by atoms with Crippen LogP contribution in [0.15, 0.2) is 42.5 Å². The van der Waals surface area contributed by atoms with Crippen LogP contribution in [-0.2, 0) is 20.3 Å². The number of benzene rings is 2. The van der Waals surface area contributed by atoms with E-state index in [0.717, 1.165) is 23.3 Å². The second-order valence-corrected chi connectivity index (χ2v) is 9.24. The van der Waals surface area contributed by atoms with E-state index < -0.39 is 5.79 Å². The molecular weight excluding hydrogens is 324 g/mol. The van der Waals surface area contributed by atoms with Gasteiger partial charge in [-0.15, -0.1) is 0 Å². The first-order chi connectivity index (χ1) is 12.7. The van der Waals surface area contributed by atoms with Crippen molar-refractivity contribution in [3.05, 3.63) is 48.0 Å². The summed E-state index contributed by atoms with van der Waals surface area (Å²) in [5.74, 6) is 1.87.